The first-order chi connectivity index (χ1) is 5.90. The first kappa shape index (κ1) is 13.8. The minimum atomic E-state index is -6.31. The van der Waals surface area contributed by atoms with Crippen LogP contribution in [0.4, 0.5) is 30.7 Å². The fourth-order valence-corrected chi connectivity index (χ4v) is 2.07. The topological polar surface area (TPSA) is 34.1 Å². The molecule has 86 valence electrons. The minimum Gasteiger partial charge on any atom is -0.208 e. The van der Waals surface area contributed by atoms with E-state index in [4.69, 9.17) is 0 Å². The van der Waals surface area contributed by atoms with E-state index in [9.17, 15) is 39.2 Å². The Morgan fingerprint density at radius 2 is 1.36 bits per heavy atom. The van der Waals surface area contributed by atoms with E-state index in [1.807, 2.05) is 0 Å². The summed E-state index contributed by atoms with van der Waals surface area (Å²) in [4.78, 5) is 0. The third-order valence-corrected chi connectivity index (χ3v) is 3.84. The summed E-state index contributed by atoms with van der Waals surface area (Å²) in [6.45, 7) is 0. The first-order valence-corrected chi connectivity index (χ1v) is 5.39. The third-order valence-electron chi connectivity index (χ3n) is 0.758. The van der Waals surface area contributed by atoms with Gasteiger partial charge in [-0.1, -0.05) is 0 Å². The lowest BCUT2D eigenvalue weighted by Crippen LogP contribution is -2.29. The van der Waals surface area contributed by atoms with Crippen LogP contribution in [0.25, 0.3) is 0 Å². The maximum absolute atomic E-state index is 11.9. The van der Waals surface area contributed by atoms with Gasteiger partial charge in [0.2, 0.25) is 0 Å². The molecule has 14 heavy (non-hydrogen) atoms. The van der Waals surface area contributed by atoms with Gasteiger partial charge >= 0.3 is 26.1 Å². The fourth-order valence-electron chi connectivity index (χ4n) is 0.230. The van der Waals surface area contributed by atoms with E-state index >= 15 is 0 Å². The van der Waals surface area contributed by atoms with Crippen LogP contribution in [0.2, 0.25) is 0 Å². The standard InChI is InChI=1S/C3HF7O2S2/c4-1(5)2(6,7)13-14(11,12)3(8,9)10/h1H. The molecule has 0 amide bonds. The summed E-state index contributed by atoms with van der Waals surface area (Å²) in [5.41, 5.74) is -5.99. The average molecular weight is 266 g/mol. The van der Waals surface area contributed by atoms with Gasteiger partial charge < -0.3 is 0 Å². The van der Waals surface area contributed by atoms with E-state index in [1.54, 1.807) is 0 Å². The maximum atomic E-state index is 11.9. The molecule has 0 heterocycles. The molecule has 0 N–H and O–H groups in total. The highest BCUT2D eigenvalue weighted by molar-refractivity contribution is 8.72. The Morgan fingerprint density at radius 1 is 1.00 bits per heavy atom. The van der Waals surface area contributed by atoms with E-state index in [0.29, 0.717) is 0 Å². The molecule has 0 radical (unpaired) electrons. The molecule has 0 aromatic rings. The molecule has 0 fully saturated rings. The van der Waals surface area contributed by atoms with Gasteiger partial charge in [-0.25, -0.2) is 17.2 Å². The van der Waals surface area contributed by atoms with Gasteiger partial charge in [0.25, 0.3) is 0 Å². The molecule has 0 unspecified atom stereocenters. The summed E-state index contributed by atoms with van der Waals surface area (Å²) < 4.78 is 101. The van der Waals surface area contributed by atoms with E-state index in [1.165, 1.54) is 0 Å². The molecule has 0 aromatic carbocycles. The Bertz CT molecular complexity index is 291. The molecule has 0 spiro atoms. The van der Waals surface area contributed by atoms with Gasteiger partial charge in [0.15, 0.2) is 0 Å². The molecule has 11 heteroatoms. The molecule has 2 nitrogen and oxygen atoms in total. The smallest absolute Gasteiger partial charge is 0.208 e. The Hall–Kier alpha value is -0.190. The van der Waals surface area contributed by atoms with Gasteiger partial charge in [0, 0.05) is 0 Å². The number of rotatable bonds is 3. The van der Waals surface area contributed by atoms with Crippen LogP contribution in [0.15, 0.2) is 0 Å². The van der Waals surface area contributed by atoms with Crippen molar-refractivity contribution in [3.8, 4) is 0 Å². The first-order valence-electron chi connectivity index (χ1n) is 2.58. The highest BCUT2D eigenvalue weighted by Crippen LogP contribution is 2.44. The lowest BCUT2D eigenvalue weighted by molar-refractivity contribution is -0.0571. The highest BCUT2D eigenvalue weighted by Gasteiger charge is 2.56. The van der Waals surface area contributed by atoms with Crippen LogP contribution in [0.5, 0.6) is 0 Å². The molecule has 0 saturated carbocycles. The van der Waals surface area contributed by atoms with Crippen molar-refractivity contribution in [1.29, 1.82) is 0 Å². The molecule has 0 bridgehead atoms. The summed E-state index contributed by atoms with van der Waals surface area (Å²) >= 11 is 0. The zero-order valence-corrected chi connectivity index (χ0v) is 7.49. The predicted molar refractivity (Wildman–Crippen MR) is 33.5 cm³/mol. The molecule has 0 aliphatic heterocycles. The van der Waals surface area contributed by atoms with Gasteiger partial charge in [0.05, 0.1) is 10.8 Å². The second-order valence-electron chi connectivity index (χ2n) is 1.85. The van der Waals surface area contributed by atoms with Crippen LogP contribution in [0.1, 0.15) is 0 Å². The fraction of sp³-hybridized carbons (Fsp3) is 1.00. The summed E-state index contributed by atoms with van der Waals surface area (Å²) in [6.07, 6.45) is -4.50. The summed E-state index contributed by atoms with van der Waals surface area (Å²) in [7, 11) is -8.43. The zero-order chi connectivity index (χ0) is 11.8. The quantitative estimate of drug-likeness (QED) is 0.581. The van der Waals surface area contributed by atoms with E-state index < -0.39 is 36.9 Å². The van der Waals surface area contributed by atoms with Gasteiger partial charge in [-0.2, -0.15) is 22.0 Å². The van der Waals surface area contributed by atoms with Gasteiger partial charge in [-0.3, -0.25) is 0 Å². The highest BCUT2D eigenvalue weighted by atomic mass is 33.1. The van der Waals surface area contributed by atoms with Gasteiger partial charge in [-0.15, -0.1) is 0 Å². The summed E-state index contributed by atoms with van der Waals surface area (Å²) in [6, 6.07) is 0. The van der Waals surface area contributed by atoms with Crippen LogP contribution in [-0.4, -0.2) is 25.6 Å². The molecule has 0 saturated heterocycles. The lowest BCUT2D eigenvalue weighted by atomic mass is 10.7. The second kappa shape index (κ2) is 3.76. The average Bonchev–Trinajstić information content (AvgIpc) is 1.80. The Kier molecular flexibility index (Phi) is 3.71. The Balaban J connectivity index is 4.88. The molecule has 0 aliphatic rings. The molecule has 0 rings (SSSR count). The monoisotopic (exact) mass is 266 g/mol. The Morgan fingerprint density at radius 3 is 1.57 bits per heavy atom. The normalized spacial score (nSPS) is 14.9. The largest absolute Gasteiger partial charge is 0.507 e. The zero-order valence-electron chi connectivity index (χ0n) is 5.86. The molecule has 0 aliphatic carbocycles. The summed E-state index contributed by atoms with van der Waals surface area (Å²) in [5.74, 6) is 0. The van der Waals surface area contributed by atoms with Crippen molar-refractivity contribution in [2.24, 2.45) is 0 Å². The molecular formula is C3HF7O2S2. The van der Waals surface area contributed by atoms with Crippen LogP contribution in [0, 0.1) is 0 Å². The molecule has 0 aromatic heterocycles. The van der Waals surface area contributed by atoms with E-state index in [0.717, 1.165) is 0 Å². The van der Waals surface area contributed by atoms with E-state index in [-0.39, 0.29) is 0 Å². The third kappa shape index (κ3) is 3.19. The molecular weight excluding hydrogens is 265 g/mol. The molecule has 0 atom stereocenters. The number of alkyl halides is 7. The van der Waals surface area contributed by atoms with Crippen molar-refractivity contribution in [2.45, 2.75) is 17.2 Å². The predicted octanol–water partition coefficient (Wildman–Crippen LogP) is 2.43. The van der Waals surface area contributed by atoms with Crippen LogP contribution < -0.4 is 0 Å². The lowest BCUT2D eigenvalue weighted by Gasteiger charge is -2.14. The maximum Gasteiger partial charge on any atom is 0.507 e. The van der Waals surface area contributed by atoms with Gasteiger partial charge in [-0.05, 0) is 0 Å². The van der Waals surface area contributed by atoms with Crippen molar-refractivity contribution in [3.63, 3.8) is 0 Å². The van der Waals surface area contributed by atoms with Crippen molar-refractivity contribution < 1.29 is 39.2 Å². The second-order valence-corrected chi connectivity index (χ2v) is 5.74. The Labute approximate surface area is 76.8 Å². The van der Waals surface area contributed by atoms with Crippen molar-refractivity contribution in [3.05, 3.63) is 0 Å². The van der Waals surface area contributed by atoms with Crippen molar-refractivity contribution in [2.75, 3.05) is 0 Å². The van der Waals surface area contributed by atoms with Crippen LogP contribution in [0.3, 0.4) is 0 Å². The number of hydrogen-bond acceptors (Lipinski definition) is 3. The van der Waals surface area contributed by atoms with Gasteiger partial charge in [0.1, 0.15) is 0 Å². The number of halogens is 7. The SMILES string of the molecule is O=S(=O)(SC(F)(F)C(F)F)C(F)(F)F. The van der Waals surface area contributed by atoms with Crippen molar-refractivity contribution in [1.82, 2.24) is 0 Å². The minimum absolute atomic E-state index is 2.12. The van der Waals surface area contributed by atoms with E-state index in [2.05, 4.69) is 0 Å². The number of hydrogen-bond donors (Lipinski definition) is 0. The van der Waals surface area contributed by atoms with Crippen LogP contribution >= 0.6 is 10.8 Å². The summed E-state index contributed by atoms with van der Waals surface area (Å²) in [5, 5.41) is -5.28. The van der Waals surface area contributed by atoms with Crippen molar-refractivity contribution >= 4 is 19.7 Å². The van der Waals surface area contributed by atoms with Crippen LogP contribution in [-0.2, 0) is 8.87 Å².